The molecule has 1 saturated carbocycles. The van der Waals surface area contributed by atoms with Crippen LogP contribution in [0.25, 0.3) is 0 Å². The Morgan fingerprint density at radius 3 is 2.13 bits per heavy atom. The van der Waals surface area contributed by atoms with E-state index < -0.39 is 5.79 Å². The molecular formula is C11H22O4. The number of esters is 1. The average molecular weight is 218 g/mol. The smallest absolute Gasteiger partial charge is 0.306 e. The second kappa shape index (κ2) is 5.47. The molecule has 1 aliphatic heterocycles. The van der Waals surface area contributed by atoms with E-state index >= 15 is 0 Å². The second-order valence-corrected chi connectivity index (χ2v) is 4.38. The maximum Gasteiger partial charge on any atom is 0.306 e. The molecule has 1 saturated heterocycles. The van der Waals surface area contributed by atoms with E-state index in [1.165, 1.54) is 0 Å². The lowest BCUT2D eigenvalue weighted by Crippen LogP contribution is -2.30. The summed E-state index contributed by atoms with van der Waals surface area (Å²) in [6, 6.07) is 0. The molecule has 1 unspecified atom stereocenters. The van der Waals surface area contributed by atoms with E-state index in [9.17, 15) is 4.79 Å². The Bertz CT molecular complexity index is 210. The van der Waals surface area contributed by atoms with Crippen molar-refractivity contribution in [1.82, 2.24) is 0 Å². The number of cyclic esters (lactones) is 1. The summed E-state index contributed by atoms with van der Waals surface area (Å²) >= 11 is 0. The fourth-order valence-electron chi connectivity index (χ4n) is 1.78. The number of hydrogen-bond acceptors (Lipinski definition) is 4. The molecule has 1 heterocycles. The highest BCUT2D eigenvalue weighted by atomic mass is 16.5. The number of hydrogen-bond donors (Lipinski definition) is 2. The maximum absolute atomic E-state index is 10.2. The quantitative estimate of drug-likeness (QED) is 0.478. The van der Waals surface area contributed by atoms with Crippen LogP contribution in [-0.2, 0) is 9.53 Å². The van der Waals surface area contributed by atoms with Gasteiger partial charge in [0.2, 0.25) is 0 Å². The monoisotopic (exact) mass is 218 g/mol. The number of aliphatic hydroxyl groups is 2. The van der Waals surface area contributed by atoms with E-state index in [0.29, 0.717) is 19.3 Å². The first kappa shape index (κ1) is 12.5. The van der Waals surface area contributed by atoms with Crippen molar-refractivity contribution >= 4 is 5.97 Å². The molecule has 0 spiro atoms. The molecular weight excluding hydrogens is 196 g/mol. The van der Waals surface area contributed by atoms with Crippen LogP contribution in [0.1, 0.15) is 53.3 Å². The Kier molecular flexibility index (Phi) is 4.54. The number of carbonyl (C=O) groups is 1. The fourth-order valence-corrected chi connectivity index (χ4v) is 1.78. The molecule has 2 N–H and O–H groups in total. The first-order valence-electron chi connectivity index (χ1n) is 5.64. The SMILES string of the molecule is CC1CCC(=O)O1.OC1(O)CCCCC1.[HH]. The summed E-state index contributed by atoms with van der Waals surface area (Å²) in [6.07, 6.45) is 5.90. The van der Waals surface area contributed by atoms with Crippen LogP contribution in [0, 0.1) is 0 Å². The zero-order valence-corrected chi connectivity index (χ0v) is 9.24. The van der Waals surface area contributed by atoms with Gasteiger partial charge in [0, 0.05) is 20.7 Å². The highest BCUT2D eigenvalue weighted by Crippen LogP contribution is 2.24. The number of carbonyl (C=O) groups excluding carboxylic acids is 1. The molecule has 0 aromatic carbocycles. The molecule has 0 amide bonds. The van der Waals surface area contributed by atoms with Gasteiger partial charge in [-0.15, -0.1) is 0 Å². The van der Waals surface area contributed by atoms with Gasteiger partial charge in [0.15, 0.2) is 5.79 Å². The van der Waals surface area contributed by atoms with Crippen molar-refractivity contribution in [2.75, 3.05) is 0 Å². The van der Waals surface area contributed by atoms with Crippen molar-refractivity contribution in [1.29, 1.82) is 0 Å². The highest BCUT2D eigenvalue weighted by Gasteiger charge is 2.24. The predicted molar refractivity (Wildman–Crippen MR) is 57.2 cm³/mol. The van der Waals surface area contributed by atoms with Crippen molar-refractivity contribution in [2.24, 2.45) is 0 Å². The van der Waals surface area contributed by atoms with Crippen molar-refractivity contribution in [3.63, 3.8) is 0 Å². The van der Waals surface area contributed by atoms with Gasteiger partial charge in [-0.05, 0) is 26.2 Å². The van der Waals surface area contributed by atoms with Crippen LogP contribution >= 0.6 is 0 Å². The Balaban J connectivity index is 0.000000267. The summed E-state index contributed by atoms with van der Waals surface area (Å²) < 4.78 is 4.72. The van der Waals surface area contributed by atoms with E-state index in [-0.39, 0.29) is 13.5 Å². The van der Waals surface area contributed by atoms with Gasteiger partial charge in [-0.2, -0.15) is 0 Å². The molecule has 0 aromatic heterocycles. The summed E-state index contributed by atoms with van der Waals surface area (Å²) in [5.74, 6) is -1.37. The molecule has 0 radical (unpaired) electrons. The lowest BCUT2D eigenvalue weighted by molar-refractivity contribution is -0.180. The van der Waals surface area contributed by atoms with Crippen LogP contribution in [0.15, 0.2) is 0 Å². The van der Waals surface area contributed by atoms with Gasteiger partial charge < -0.3 is 14.9 Å². The van der Waals surface area contributed by atoms with Crippen LogP contribution in [0.3, 0.4) is 0 Å². The standard InChI is InChI=1S/C6H12O2.C5H8O2.H2/c7-6(8)4-2-1-3-5-6;1-4-2-3-5(6)7-4;/h7-8H,1-5H2;4H,2-3H2,1H3;1H. The predicted octanol–water partition coefficient (Wildman–Crippen LogP) is 1.59. The number of ether oxygens (including phenoxy) is 1. The van der Waals surface area contributed by atoms with E-state index in [1.807, 2.05) is 6.92 Å². The molecule has 1 atom stereocenters. The van der Waals surface area contributed by atoms with E-state index in [0.717, 1.165) is 25.7 Å². The third-order valence-electron chi connectivity index (χ3n) is 2.74. The van der Waals surface area contributed by atoms with Crippen LogP contribution in [0.2, 0.25) is 0 Å². The largest absolute Gasteiger partial charge is 0.463 e. The molecule has 2 aliphatic rings. The molecule has 2 rings (SSSR count). The first-order valence-corrected chi connectivity index (χ1v) is 5.64. The van der Waals surface area contributed by atoms with Crippen molar-refractivity contribution in [2.45, 2.75) is 63.8 Å². The van der Waals surface area contributed by atoms with Crippen molar-refractivity contribution < 1.29 is 21.2 Å². The minimum Gasteiger partial charge on any atom is -0.463 e. The van der Waals surface area contributed by atoms with E-state index in [4.69, 9.17) is 14.9 Å². The zero-order valence-electron chi connectivity index (χ0n) is 9.24. The Hall–Kier alpha value is -0.610. The zero-order chi connectivity index (χ0) is 11.3. The lowest BCUT2D eigenvalue weighted by Gasteiger charge is -2.25. The highest BCUT2D eigenvalue weighted by molar-refractivity contribution is 5.71. The molecule has 2 fully saturated rings. The molecule has 15 heavy (non-hydrogen) atoms. The molecule has 90 valence electrons. The summed E-state index contributed by atoms with van der Waals surface area (Å²) in [5.41, 5.74) is 0. The Labute approximate surface area is 91.7 Å². The normalized spacial score (nSPS) is 29.0. The van der Waals surface area contributed by atoms with Gasteiger partial charge in [0.25, 0.3) is 0 Å². The second-order valence-electron chi connectivity index (χ2n) is 4.38. The Morgan fingerprint density at radius 2 is 1.93 bits per heavy atom. The van der Waals surface area contributed by atoms with Gasteiger partial charge in [-0.25, -0.2) is 0 Å². The van der Waals surface area contributed by atoms with E-state index in [1.54, 1.807) is 0 Å². The molecule has 4 nitrogen and oxygen atoms in total. The lowest BCUT2D eigenvalue weighted by atomic mass is 9.95. The van der Waals surface area contributed by atoms with Crippen LogP contribution < -0.4 is 0 Å². The van der Waals surface area contributed by atoms with Crippen LogP contribution in [0.4, 0.5) is 0 Å². The minimum atomic E-state index is -1.32. The summed E-state index contributed by atoms with van der Waals surface area (Å²) in [4.78, 5) is 10.2. The topological polar surface area (TPSA) is 66.8 Å². The van der Waals surface area contributed by atoms with Gasteiger partial charge in [-0.1, -0.05) is 6.42 Å². The minimum absolute atomic E-state index is 0. The average Bonchev–Trinajstić information content (AvgIpc) is 2.50. The first-order chi connectivity index (χ1) is 6.99. The Morgan fingerprint density at radius 1 is 1.33 bits per heavy atom. The van der Waals surface area contributed by atoms with Crippen molar-refractivity contribution in [3.05, 3.63) is 0 Å². The van der Waals surface area contributed by atoms with Gasteiger partial charge in [-0.3, -0.25) is 4.79 Å². The maximum atomic E-state index is 10.2. The van der Waals surface area contributed by atoms with Gasteiger partial charge in [0.05, 0.1) is 6.10 Å². The van der Waals surface area contributed by atoms with Crippen LogP contribution in [-0.4, -0.2) is 28.1 Å². The fraction of sp³-hybridized carbons (Fsp3) is 0.909. The summed E-state index contributed by atoms with van der Waals surface area (Å²) in [6.45, 7) is 1.91. The molecule has 1 aliphatic carbocycles. The summed E-state index contributed by atoms with van der Waals surface area (Å²) in [5, 5.41) is 17.9. The third kappa shape index (κ3) is 5.14. The van der Waals surface area contributed by atoms with Gasteiger partial charge >= 0.3 is 5.97 Å². The third-order valence-corrected chi connectivity index (χ3v) is 2.74. The number of rotatable bonds is 0. The molecule has 0 aromatic rings. The van der Waals surface area contributed by atoms with Crippen LogP contribution in [0.5, 0.6) is 0 Å². The van der Waals surface area contributed by atoms with Gasteiger partial charge in [0.1, 0.15) is 0 Å². The molecule has 0 bridgehead atoms. The summed E-state index contributed by atoms with van der Waals surface area (Å²) in [7, 11) is 0. The van der Waals surface area contributed by atoms with Crippen molar-refractivity contribution in [3.8, 4) is 0 Å². The molecule has 4 heteroatoms. The van der Waals surface area contributed by atoms with E-state index in [2.05, 4.69) is 0 Å².